The first-order chi connectivity index (χ1) is 29.5. The summed E-state index contributed by atoms with van der Waals surface area (Å²) in [5.41, 5.74) is 0. The summed E-state index contributed by atoms with van der Waals surface area (Å²) in [4.78, 5) is 37.8. The molecule has 0 aromatic rings. The predicted octanol–water partition coefficient (Wildman–Crippen LogP) is 15.8. The van der Waals surface area contributed by atoms with E-state index in [2.05, 4.69) is 106 Å². The molecule has 0 aliphatic heterocycles. The Morgan fingerprint density at radius 2 is 0.683 bits per heavy atom. The molecule has 60 heavy (non-hydrogen) atoms. The van der Waals surface area contributed by atoms with Gasteiger partial charge in [-0.2, -0.15) is 0 Å². The topological polar surface area (TPSA) is 78.9 Å². The van der Waals surface area contributed by atoms with Gasteiger partial charge in [0.15, 0.2) is 6.10 Å². The van der Waals surface area contributed by atoms with Crippen LogP contribution in [-0.4, -0.2) is 37.2 Å². The first-order valence-electron chi connectivity index (χ1n) is 24.2. The Hall–Kier alpha value is -3.67. The van der Waals surface area contributed by atoms with Crippen LogP contribution in [0.3, 0.4) is 0 Å². The molecule has 0 saturated heterocycles. The summed E-state index contributed by atoms with van der Waals surface area (Å²) < 4.78 is 16.6. The molecule has 0 N–H and O–H groups in total. The van der Waals surface area contributed by atoms with Crippen LogP contribution in [0.15, 0.2) is 97.2 Å². The SMILES string of the molecule is CC/C=C\C/C=C\C/C=C\C/C=C\C/C=C\CCC(=O)OCC(COC(=O)CCC/C=C\C/C=C\C/C=C\CC)OC(=O)CCCCCCCCCCCCCCCCC. The fraction of sp³-hybridized carbons (Fsp3) is 0.648. The van der Waals surface area contributed by atoms with Crippen molar-refractivity contribution >= 4 is 17.9 Å². The molecule has 1 atom stereocenters. The van der Waals surface area contributed by atoms with Crippen molar-refractivity contribution in [3.63, 3.8) is 0 Å². The molecule has 0 aromatic carbocycles. The maximum absolute atomic E-state index is 12.8. The highest BCUT2D eigenvalue weighted by Crippen LogP contribution is 2.14. The maximum atomic E-state index is 12.8. The van der Waals surface area contributed by atoms with Crippen molar-refractivity contribution in [2.75, 3.05) is 13.2 Å². The lowest BCUT2D eigenvalue weighted by Crippen LogP contribution is -2.30. The average molecular weight is 833 g/mol. The second-order valence-corrected chi connectivity index (χ2v) is 15.6. The van der Waals surface area contributed by atoms with Crippen LogP contribution in [0.4, 0.5) is 0 Å². The van der Waals surface area contributed by atoms with Gasteiger partial charge in [0.25, 0.3) is 0 Å². The second kappa shape index (κ2) is 48.0. The Labute approximate surface area is 368 Å². The molecule has 0 aliphatic carbocycles. The summed E-state index contributed by atoms with van der Waals surface area (Å²) >= 11 is 0. The minimum Gasteiger partial charge on any atom is -0.462 e. The van der Waals surface area contributed by atoms with E-state index in [9.17, 15) is 14.4 Å². The van der Waals surface area contributed by atoms with Crippen molar-refractivity contribution in [2.24, 2.45) is 0 Å². The summed E-state index contributed by atoms with van der Waals surface area (Å²) in [6, 6.07) is 0. The number of carbonyl (C=O) groups excluding carboxylic acids is 3. The highest BCUT2D eigenvalue weighted by Gasteiger charge is 2.19. The Morgan fingerprint density at radius 1 is 0.350 bits per heavy atom. The third-order valence-electron chi connectivity index (χ3n) is 9.85. The Balaban J connectivity index is 4.53. The Bertz CT molecular complexity index is 1230. The fourth-order valence-electron chi connectivity index (χ4n) is 6.28. The number of hydrogen-bond acceptors (Lipinski definition) is 6. The van der Waals surface area contributed by atoms with Crippen LogP contribution >= 0.6 is 0 Å². The zero-order valence-electron chi connectivity index (χ0n) is 38.7. The second-order valence-electron chi connectivity index (χ2n) is 15.6. The van der Waals surface area contributed by atoms with Crippen LogP contribution in [0.1, 0.15) is 207 Å². The third-order valence-corrected chi connectivity index (χ3v) is 9.85. The van der Waals surface area contributed by atoms with E-state index in [0.29, 0.717) is 19.3 Å². The molecule has 0 rings (SSSR count). The average Bonchev–Trinajstić information content (AvgIpc) is 3.24. The molecule has 6 nitrogen and oxygen atoms in total. The smallest absolute Gasteiger partial charge is 0.306 e. The first kappa shape index (κ1) is 56.3. The number of carbonyl (C=O) groups is 3. The van der Waals surface area contributed by atoms with E-state index in [1.807, 2.05) is 12.2 Å². The van der Waals surface area contributed by atoms with Crippen LogP contribution in [0.25, 0.3) is 0 Å². The molecule has 0 saturated carbocycles. The van der Waals surface area contributed by atoms with Crippen molar-refractivity contribution in [3.05, 3.63) is 97.2 Å². The number of rotatable bonds is 42. The van der Waals surface area contributed by atoms with Crippen LogP contribution in [0.2, 0.25) is 0 Å². The number of allylic oxidation sites excluding steroid dienone is 16. The molecule has 340 valence electrons. The van der Waals surface area contributed by atoms with Crippen LogP contribution in [0, 0.1) is 0 Å². The summed E-state index contributed by atoms with van der Waals surface area (Å²) in [6.45, 7) is 6.28. The number of esters is 3. The zero-order valence-corrected chi connectivity index (χ0v) is 38.7. The molecule has 0 heterocycles. The van der Waals surface area contributed by atoms with Gasteiger partial charge in [-0.1, -0.05) is 208 Å². The molecule has 0 aromatic heterocycles. The van der Waals surface area contributed by atoms with Gasteiger partial charge in [-0.15, -0.1) is 0 Å². The highest BCUT2D eigenvalue weighted by atomic mass is 16.6. The lowest BCUT2D eigenvalue weighted by molar-refractivity contribution is -0.166. The van der Waals surface area contributed by atoms with Crippen LogP contribution in [0.5, 0.6) is 0 Å². The molecule has 0 aliphatic rings. The Morgan fingerprint density at radius 3 is 1.10 bits per heavy atom. The van der Waals surface area contributed by atoms with Crippen molar-refractivity contribution in [3.8, 4) is 0 Å². The summed E-state index contributed by atoms with van der Waals surface area (Å²) in [5.74, 6) is -1.06. The van der Waals surface area contributed by atoms with E-state index in [1.54, 1.807) is 0 Å². The highest BCUT2D eigenvalue weighted by molar-refractivity contribution is 5.71. The number of hydrogen-bond donors (Lipinski definition) is 0. The van der Waals surface area contributed by atoms with Crippen LogP contribution < -0.4 is 0 Å². The lowest BCUT2D eigenvalue weighted by atomic mass is 10.0. The van der Waals surface area contributed by atoms with Gasteiger partial charge in [0.1, 0.15) is 13.2 Å². The third kappa shape index (κ3) is 45.4. The molecule has 0 spiro atoms. The van der Waals surface area contributed by atoms with Gasteiger partial charge < -0.3 is 14.2 Å². The van der Waals surface area contributed by atoms with Gasteiger partial charge in [0.05, 0.1) is 0 Å². The van der Waals surface area contributed by atoms with Gasteiger partial charge in [-0.25, -0.2) is 0 Å². The van der Waals surface area contributed by atoms with Gasteiger partial charge >= 0.3 is 17.9 Å². The summed E-state index contributed by atoms with van der Waals surface area (Å²) in [5, 5.41) is 0. The van der Waals surface area contributed by atoms with Crippen molar-refractivity contribution in [1.29, 1.82) is 0 Å². The maximum Gasteiger partial charge on any atom is 0.306 e. The van der Waals surface area contributed by atoms with Gasteiger partial charge in [-0.05, 0) is 77.0 Å². The molecule has 1 unspecified atom stereocenters. The zero-order chi connectivity index (χ0) is 43.7. The normalized spacial score (nSPS) is 12.9. The molecule has 0 radical (unpaired) electrons. The molecule has 0 bridgehead atoms. The van der Waals surface area contributed by atoms with E-state index in [-0.39, 0.29) is 44.0 Å². The monoisotopic (exact) mass is 833 g/mol. The number of ether oxygens (including phenoxy) is 3. The van der Waals surface area contributed by atoms with E-state index in [1.165, 1.54) is 77.0 Å². The molecular formula is C54H88O6. The minimum absolute atomic E-state index is 0.126. The molecule has 0 amide bonds. The molecule has 0 fully saturated rings. The van der Waals surface area contributed by atoms with Gasteiger partial charge in [-0.3, -0.25) is 14.4 Å². The first-order valence-corrected chi connectivity index (χ1v) is 24.2. The Kier molecular flexibility index (Phi) is 45.1. The minimum atomic E-state index is -0.825. The van der Waals surface area contributed by atoms with Gasteiger partial charge in [0.2, 0.25) is 0 Å². The fourth-order valence-corrected chi connectivity index (χ4v) is 6.28. The van der Waals surface area contributed by atoms with Crippen molar-refractivity contribution in [1.82, 2.24) is 0 Å². The molecular weight excluding hydrogens is 745 g/mol. The van der Waals surface area contributed by atoms with E-state index >= 15 is 0 Å². The largest absolute Gasteiger partial charge is 0.462 e. The van der Waals surface area contributed by atoms with Crippen LogP contribution in [-0.2, 0) is 28.6 Å². The number of unbranched alkanes of at least 4 members (excludes halogenated alkanes) is 15. The summed E-state index contributed by atoms with van der Waals surface area (Å²) in [6.07, 6.45) is 62.7. The standard InChI is InChI=1S/C54H88O6/c1-4-7-10-13-16-19-22-24-26-28-29-32-35-38-41-44-47-53(56)59-50-51(49-58-52(55)46-43-40-37-34-31-21-18-15-12-9-6-3)60-54(57)48-45-42-39-36-33-30-27-25-23-20-17-14-11-8-5-2/h7,9-10,12,16,18-19,21,24,26,29,32,34,37-38,41,51H,4-6,8,11,13-15,17,20,22-23,25,27-28,30-31,33,35-36,39-40,42-50H2,1-3H3/b10-7-,12-9-,19-16-,21-18-,26-24-,32-29-,37-34-,41-38-. The lowest BCUT2D eigenvalue weighted by Gasteiger charge is -2.18. The van der Waals surface area contributed by atoms with Crippen molar-refractivity contribution in [2.45, 2.75) is 213 Å². The van der Waals surface area contributed by atoms with Gasteiger partial charge in [0, 0.05) is 19.3 Å². The van der Waals surface area contributed by atoms with E-state index < -0.39 is 6.10 Å². The summed E-state index contributed by atoms with van der Waals surface area (Å²) in [7, 11) is 0. The van der Waals surface area contributed by atoms with Crippen molar-refractivity contribution < 1.29 is 28.6 Å². The van der Waals surface area contributed by atoms with E-state index in [4.69, 9.17) is 14.2 Å². The quantitative estimate of drug-likeness (QED) is 0.0264. The van der Waals surface area contributed by atoms with E-state index in [0.717, 1.165) is 77.0 Å². The molecule has 6 heteroatoms. The predicted molar refractivity (Wildman–Crippen MR) is 256 cm³/mol.